The molecule has 0 amide bonds. The quantitative estimate of drug-likeness (QED) is 0.382. The van der Waals surface area contributed by atoms with Crippen molar-refractivity contribution < 1.29 is 29.0 Å². The van der Waals surface area contributed by atoms with Gasteiger partial charge in [-0.15, -0.1) is 0 Å². The van der Waals surface area contributed by atoms with Crippen LogP contribution >= 0.6 is 0 Å². The van der Waals surface area contributed by atoms with E-state index >= 15 is 0 Å². The number of rotatable bonds is 0. The van der Waals surface area contributed by atoms with Crippen molar-refractivity contribution in [1.82, 2.24) is 4.90 Å². The second-order valence-corrected chi connectivity index (χ2v) is 5.54. The van der Waals surface area contributed by atoms with Gasteiger partial charge in [-0.2, -0.15) is 0 Å². The Morgan fingerprint density at radius 3 is 2.29 bits per heavy atom. The minimum atomic E-state index is -2.05. The number of esters is 2. The van der Waals surface area contributed by atoms with E-state index in [9.17, 15) is 14.8 Å². The molecule has 0 atom stereocenters. The lowest BCUT2D eigenvalue weighted by atomic mass is 9.88. The predicted octanol–water partition coefficient (Wildman–Crippen LogP) is 0.0113. The Kier molecular flexibility index (Phi) is 3.22. The van der Waals surface area contributed by atoms with Crippen LogP contribution in [0.5, 0.6) is 0 Å². The smallest absolute Gasteiger partial charge is 0.411 e. The summed E-state index contributed by atoms with van der Waals surface area (Å²) in [5, 5.41) is 12.3. The zero-order valence-corrected chi connectivity index (χ0v) is 11.6. The highest BCUT2D eigenvalue weighted by Gasteiger charge is 2.61. The summed E-state index contributed by atoms with van der Waals surface area (Å²) in [4.78, 5) is 25.4. The van der Waals surface area contributed by atoms with E-state index in [0.29, 0.717) is 12.8 Å². The van der Waals surface area contributed by atoms with Crippen molar-refractivity contribution in [3.05, 3.63) is 12.2 Å². The lowest BCUT2D eigenvalue weighted by Gasteiger charge is -2.37. The molecule has 0 aromatic heterocycles. The molecule has 0 unspecified atom stereocenters. The molecule has 3 aliphatic rings. The van der Waals surface area contributed by atoms with Gasteiger partial charge in [0, 0.05) is 31.7 Å². The number of ether oxygens (including phenoxy) is 3. The van der Waals surface area contributed by atoms with Gasteiger partial charge in [0.25, 0.3) is 0 Å². The molecule has 0 aromatic carbocycles. The number of oxime groups is 1. The van der Waals surface area contributed by atoms with Crippen LogP contribution in [0.2, 0.25) is 0 Å². The summed E-state index contributed by atoms with van der Waals surface area (Å²) < 4.78 is 16.0. The van der Waals surface area contributed by atoms with E-state index in [1.165, 1.54) is 0 Å². The van der Waals surface area contributed by atoms with Crippen LogP contribution in [0, 0.1) is 0 Å². The van der Waals surface area contributed by atoms with E-state index in [1.54, 1.807) is 0 Å². The van der Waals surface area contributed by atoms with E-state index in [4.69, 9.17) is 14.2 Å². The van der Waals surface area contributed by atoms with Gasteiger partial charge in [0.05, 0.1) is 5.60 Å². The van der Waals surface area contributed by atoms with Crippen LogP contribution in [-0.4, -0.2) is 59.5 Å². The van der Waals surface area contributed by atoms with Crippen molar-refractivity contribution in [2.45, 2.75) is 30.8 Å². The molecule has 1 N–H and O–H groups in total. The first kappa shape index (κ1) is 14.0. The fourth-order valence-corrected chi connectivity index (χ4v) is 2.84. The van der Waals surface area contributed by atoms with E-state index in [-0.39, 0.29) is 12.1 Å². The lowest BCUT2D eigenvalue weighted by Crippen LogP contribution is -2.48. The molecule has 2 saturated heterocycles. The highest BCUT2D eigenvalue weighted by Crippen LogP contribution is 2.44. The van der Waals surface area contributed by atoms with Crippen LogP contribution in [0.3, 0.4) is 0 Å². The van der Waals surface area contributed by atoms with Gasteiger partial charge in [0.1, 0.15) is 0 Å². The zero-order chi connectivity index (χ0) is 15.1. The van der Waals surface area contributed by atoms with Crippen LogP contribution in [-0.2, 0) is 23.8 Å². The molecule has 0 radical (unpaired) electrons. The number of nitrogens with zero attached hydrogens (tertiary/aromatic N) is 2. The van der Waals surface area contributed by atoms with Crippen LogP contribution < -0.4 is 0 Å². The van der Waals surface area contributed by atoms with Gasteiger partial charge in [0.2, 0.25) is 0 Å². The van der Waals surface area contributed by atoms with Crippen LogP contribution in [0.25, 0.3) is 0 Å². The Balaban J connectivity index is 1.91. The maximum absolute atomic E-state index is 11.6. The summed E-state index contributed by atoms with van der Waals surface area (Å²) in [5.41, 5.74) is -0.656. The van der Waals surface area contributed by atoms with E-state index in [2.05, 4.69) is 10.1 Å². The Hall–Kier alpha value is -1.93. The number of hydrogen-bond donors (Lipinski definition) is 1. The largest absolute Gasteiger partial charge is 0.424 e. The Morgan fingerprint density at radius 2 is 1.76 bits per heavy atom. The van der Waals surface area contributed by atoms with Gasteiger partial charge in [-0.05, 0) is 19.9 Å². The third-order valence-electron chi connectivity index (χ3n) is 4.04. The molecule has 3 aliphatic heterocycles. The normalized spacial score (nSPS) is 29.7. The Morgan fingerprint density at radius 1 is 1.19 bits per heavy atom. The fourth-order valence-electron chi connectivity index (χ4n) is 2.84. The highest BCUT2D eigenvalue weighted by atomic mass is 16.9. The zero-order valence-electron chi connectivity index (χ0n) is 11.6. The second-order valence-electron chi connectivity index (χ2n) is 5.54. The van der Waals surface area contributed by atoms with Gasteiger partial charge in [0.15, 0.2) is 5.71 Å². The third kappa shape index (κ3) is 2.40. The van der Waals surface area contributed by atoms with E-state index in [1.807, 2.05) is 7.05 Å². The topological polar surface area (TPSA) is 97.7 Å². The molecule has 0 aromatic rings. The molecule has 0 saturated carbocycles. The molecule has 8 heteroatoms. The minimum absolute atomic E-state index is 0.00236. The van der Waals surface area contributed by atoms with Gasteiger partial charge in [-0.1, -0.05) is 5.16 Å². The summed E-state index contributed by atoms with van der Waals surface area (Å²) in [6, 6.07) is 0. The summed E-state index contributed by atoms with van der Waals surface area (Å²) in [5.74, 6) is -3.62. The third-order valence-corrected chi connectivity index (χ3v) is 4.04. The standard InChI is InChI=1S/C13H16N2O6/c1-15-6-4-12(5-7-15)8-9(14-18)13(21-12)19-10(16)2-3-11(17)20-13/h2-3,18H,4-8H2,1H3/b14-9+. The van der Waals surface area contributed by atoms with Gasteiger partial charge >= 0.3 is 17.9 Å². The van der Waals surface area contributed by atoms with Gasteiger partial charge in [-0.25, -0.2) is 9.59 Å². The molecule has 8 nitrogen and oxygen atoms in total. The molecular formula is C13H16N2O6. The van der Waals surface area contributed by atoms with Gasteiger partial charge in [-0.3, -0.25) is 4.74 Å². The predicted molar refractivity (Wildman–Crippen MR) is 68.4 cm³/mol. The summed E-state index contributed by atoms with van der Waals surface area (Å²) in [7, 11) is 1.99. The Labute approximate surface area is 120 Å². The van der Waals surface area contributed by atoms with Crippen molar-refractivity contribution in [3.8, 4) is 0 Å². The fraction of sp³-hybridized carbons (Fsp3) is 0.615. The van der Waals surface area contributed by atoms with Crippen molar-refractivity contribution in [3.63, 3.8) is 0 Å². The molecule has 0 aliphatic carbocycles. The monoisotopic (exact) mass is 296 g/mol. The summed E-state index contributed by atoms with van der Waals surface area (Å²) >= 11 is 0. The average Bonchev–Trinajstić information content (AvgIpc) is 2.64. The maximum Gasteiger partial charge on any atom is 0.424 e. The highest BCUT2D eigenvalue weighted by molar-refractivity contribution is 6.00. The molecule has 3 heterocycles. The van der Waals surface area contributed by atoms with Crippen molar-refractivity contribution in [2.75, 3.05) is 20.1 Å². The van der Waals surface area contributed by atoms with E-state index in [0.717, 1.165) is 25.2 Å². The SMILES string of the molecule is CN1CCC2(CC1)C/C(=N\O)C1(OC(=O)C=CC(=O)O1)O2. The maximum atomic E-state index is 11.6. The van der Waals surface area contributed by atoms with Crippen LogP contribution in [0.4, 0.5) is 0 Å². The van der Waals surface area contributed by atoms with Crippen molar-refractivity contribution in [1.29, 1.82) is 0 Å². The lowest BCUT2D eigenvalue weighted by molar-refractivity contribution is -0.322. The van der Waals surface area contributed by atoms with Crippen LogP contribution in [0.15, 0.2) is 17.3 Å². The first-order valence-corrected chi connectivity index (χ1v) is 6.71. The summed E-state index contributed by atoms with van der Waals surface area (Å²) in [6.45, 7) is 1.57. The number of piperidine rings is 1. The second kappa shape index (κ2) is 4.81. The molecule has 2 spiro atoms. The first-order valence-electron chi connectivity index (χ1n) is 6.71. The average molecular weight is 296 g/mol. The molecule has 114 valence electrons. The molecule has 2 fully saturated rings. The summed E-state index contributed by atoms with van der Waals surface area (Å²) in [6.07, 6.45) is 3.47. The molecule has 3 rings (SSSR count). The number of carbonyl (C=O) groups is 2. The number of hydrogen-bond acceptors (Lipinski definition) is 8. The molecular weight excluding hydrogens is 280 g/mol. The van der Waals surface area contributed by atoms with E-state index < -0.39 is 23.5 Å². The molecule has 0 bridgehead atoms. The van der Waals surface area contributed by atoms with Crippen molar-refractivity contribution >= 4 is 17.7 Å². The number of carbonyl (C=O) groups excluding carboxylic acids is 2. The molecule has 21 heavy (non-hydrogen) atoms. The van der Waals surface area contributed by atoms with Crippen LogP contribution in [0.1, 0.15) is 19.3 Å². The van der Waals surface area contributed by atoms with Gasteiger partial charge < -0.3 is 19.6 Å². The Bertz CT molecular complexity index is 513. The minimum Gasteiger partial charge on any atom is -0.411 e. The number of likely N-dealkylation sites (tertiary alicyclic amines) is 1. The first-order chi connectivity index (χ1) is 9.97. The van der Waals surface area contributed by atoms with Crippen molar-refractivity contribution in [2.24, 2.45) is 5.16 Å².